The molecule has 0 aliphatic rings. The van der Waals surface area contributed by atoms with Crippen molar-refractivity contribution in [3.63, 3.8) is 0 Å². The molecule has 5 heteroatoms. The highest BCUT2D eigenvalue weighted by Gasteiger charge is 2.03. The summed E-state index contributed by atoms with van der Waals surface area (Å²) in [7, 11) is 1.34. The average molecular weight is 256 g/mol. The van der Waals surface area contributed by atoms with Gasteiger partial charge in [0.25, 0.3) is 0 Å². The molecule has 0 aliphatic carbocycles. The van der Waals surface area contributed by atoms with Crippen LogP contribution in [0.3, 0.4) is 0 Å². The van der Waals surface area contributed by atoms with Crippen molar-refractivity contribution in [3.05, 3.63) is 34.9 Å². The summed E-state index contributed by atoms with van der Waals surface area (Å²) in [5, 5.41) is 0.730. The van der Waals surface area contributed by atoms with Crippen LogP contribution in [0, 0.1) is 0 Å². The van der Waals surface area contributed by atoms with Crippen LogP contribution in [-0.2, 0) is 4.74 Å². The molecular weight excluding hydrogens is 246 g/mol. The third-order valence-corrected chi connectivity index (χ3v) is 1.48. The number of carbonyl (C=O) groups is 1. The summed E-state index contributed by atoms with van der Waals surface area (Å²) in [5.74, 6) is -0.368. The summed E-state index contributed by atoms with van der Waals surface area (Å²) in [6, 6.07) is 6.62. The highest BCUT2D eigenvalue weighted by molar-refractivity contribution is 6.40. The first-order chi connectivity index (χ1) is 6.65. The second kappa shape index (κ2) is 7.92. The van der Waals surface area contributed by atoms with E-state index in [-0.39, 0.29) is 11.3 Å². The molecule has 1 aromatic carbocycles. The van der Waals surface area contributed by atoms with Gasteiger partial charge >= 0.3 is 5.97 Å². The Morgan fingerprint density at radius 2 is 2.00 bits per heavy atom. The van der Waals surface area contributed by atoms with E-state index in [1.165, 1.54) is 7.11 Å². The van der Waals surface area contributed by atoms with E-state index in [1.807, 2.05) is 0 Å². The van der Waals surface area contributed by atoms with Gasteiger partial charge in [-0.2, -0.15) is 0 Å². The third kappa shape index (κ3) is 5.32. The molecule has 2 nitrogen and oxygen atoms in total. The Bertz CT molecular complexity index is 289. The molecule has 0 radical (unpaired) electrons. The predicted molar refractivity (Wildman–Crippen MR) is 59.4 cm³/mol. The maximum Gasteiger partial charge on any atom is 0.337 e. The van der Waals surface area contributed by atoms with E-state index in [1.54, 1.807) is 24.3 Å². The maximum absolute atomic E-state index is 10.9. The van der Waals surface area contributed by atoms with Crippen LogP contribution in [0.25, 0.3) is 0 Å². The van der Waals surface area contributed by atoms with Crippen molar-refractivity contribution >= 4 is 40.8 Å². The normalized spacial score (nSPS) is 8.57. The van der Waals surface area contributed by atoms with Gasteiger partial charge in [-0.05, 0) is 18.2 Å². The molecule has 0 fully saturated rings. The van der Waals surface area contributed by atoms with Crippen molar-refractivity contribution in [1.82, 2.24) is 0 Å². The lowest BCUT2D eigenvalue weighted by atomic mass is 10.2. The standard InChI is InChI=1S/C8H7ClO2.CH2Cl2/c1-11-8(10)6-3-2-4-7(9)5-6;2-1-3/h2-5H,1H3;1H2. The Morgan fingerprint density at radius 1 is 1.43 bits per heavy atom. The maximum atomic E-state index is 10.9. The first-order valence-electron chi connectivity index (χ1n) is 3.61. The predicted octanol–water partition coefficient (Wildman–Crippen LogP) is 3.55. The lowest BCUT2D eigenvalue weighted by Crippen LogP contribution is -1.99. The summed E-state index contributed by atoms with van der Waals surface area (Å²) in [5.41, 5.74) is 0.472. The number of esters is 1. The van der Waals surface area contributed by atoms with Gasteiger partial charge in [-0.3, -0.25) is 0 Å². The minimum absolute atomic E-state index is 0.194. The van der Waals surface area contributed by atoms with E-state index in [2.05, 4.69) is 4.74 Å². The number of hydrogen-bond acceptors (Lipinski definition) is 2. The van der Waals surface area contributed by atoms with Gasteiger partial charge in [-0.25, -0.2) is 4.79 Å². The minimum Gasteiger partial charge on any atom is -0.465 e. The van der Waals surface area contributed by atoms with E-state index < -0.39 is 0 Å². The number of halogens is 3. The molecule has 0 saturated heterocycles. The highest BCUT2D eigenvalue weighted by atomic mass is 35.5. The molecule has 0 amide bonds. The van der Waals surface area contributed by atoms with Gasteiger partial charge in [-0.1, -0.05) is 17.7 Å². The van der Waals surface area contributed by atoms with Gasteiger partial charge in [-0.15, -0.1) is 23.2 Å². The Morgan fingerprint density at radius 3 is 2.43 bits per heavy atom. The van der Waals surface area contributed by atoms with Crippen molar-refractivity contribution in [3.8, 4) is 0 Å². The molecular formula is C9H9Cl3O2. The van der Waals surface area contributed by atoms with Crippen molar-refractivity contribution in [2.75, 3.05) is 12.4 Å². The SMILES string of the molecule is COC(=O)c1cccc(Cl)c1.ClCCl. The van der Waals surface area contributed by atoms with Gasteiger partial charge in [0.15, 0.2) is 0 Å². The van der Waals surface area contributed by atoms with E-state index >= 15 is 0 Å². The zero-order chi connectivity index (χ0) is 11.0. The zero-order valence-electron chi connectivity index (χ0n) is 7.47. The number of ether oxygens (including phenoxy) is 1. The molecule has 0 N–H and O–H groups in total. The van der Waals surface area contributed by atoms with E-state index in [0.717, 1.165) is 0 Å². The van der Waals surface area contributed by atoms with Crippen molar-refractivity contribution < 1.29 is 9.53 Å². The molecule has 0 unspecified atom stereocenters. The zero-order valence-corrected chi connectivity index (χ0v) is 9.73. The number of methoxy groups -OCH3 is 1. The molecule has 14 heavy (non-hydrogen) atoms. The number of rotatable bonds is 1. The molecule has 0 aromatic heterocycles. The fourth-order valence-corrected chi connectivity index (χ4v) is 0.924. The van der Waals surface area contributed by atoms with E-state index in [4.69, 9.17) is 34.8 Å². The van der Waals surface area contributed by atoms with E-state index in [0.29, 0.717) is 10.6 Å². The Hall–Kier alpha value is -0.440. The van der Waals surface area contributed by atoms with Crippen LogP contribution >= 0.6 is 34.8 Å². The highest BCUT2D eigenvalue weighted by Crippen LogP contribution is 2.10. The van der Waals surface area contributed by atoms with Crippen molar-refractivity contribution in [1.29, 1.82) is 0 Å². The minimum atomic E-state index is -0.368. The van der Waals surface area contributed by atoms with Gasteiger partial charge in [0, 0.05) is 5.02 Å². The van der Waals surface area contributed by atoms with Crippen LogP contribution in [0.5, 0.6) is 0 Å². The van der Waals surface area contributed by atoms with Crippen LogP contribution in [0.2, 0.25) is 5.02 Å². The number of carbonyl (C=O) groups excluding carboxylic acids is 1. The first-order valence-corrected chi connectivity index (χ1v) is 5.06. The second-order valence-electron chi connectivity index (χ2n) is 2.10. The first kappa shape index (κ1) is 13.6. The number of hydrogen-bond donors (Lipinski definition) is 0. The van der Waals surface area contributed by atoms with Gasteiger partial charge in [0.2, 0.25) is 0 Å². The largest absolute Gasteiger partial charge is 0.465 e. The van der Waals surface area contributed by atoms with Gasteiger partial charge in [0.05, 0.1) is 18.0 Å². The van der Waals surface area contributed by atoms with Crippen LogP contribution in [0.4, 0.5) is 0 Å². The molecule has 0 bridgehead atoms. The summed E-state index contributed by atoms with van der Waals surface area (Å²) in [6.45, 7) is 0. The van der Waals surface area contributed by atoms with Gasteiger partial charge in [0.1, 0.15) is 0 Å². The summed E-state index contributed by atoms with van der Waals surface area (Å²) < 4.78 is 4.49. The van der Waals surface area contributed by atoms with Gasteiger partial charge < -0.3 is 4.74 Å². The van der Waals surface area contributed by atoms with Crippen LogP contribution in [-0.4, -0.2) is 18.4 Å². The lowest BCUT2D eigenvalue weighted by Gasteiger charge is -1.97. The van der Waals surface area contributed by atoms with Crippen molar-refractivity contribution in [2.45, 2.75) is 0 Å². The monoisotopic (exact) mass is 254 g/mol. The number of alkyl halides is 2. The van der Waals surface area contributed by atoms with Crippen LogP contribution in [0.1, 0.15) is 10.4 Å². The molecule has 78 valence electrons. The molecule has 0 spiro atoms. The molecule has 0 atom stereocenters. The fourth-order valence-electron chi connectivity index (χ4n) is 0.733. The summed E-state index contributed by atoms with van der Waals surface area (Å²) >= 11 is 15.2. The van der Waals surface area contributed by atoms with Crippen LogP contribution in [0.15, 0.2) is 24.3 Å². The second-order valence-corrected chi connectivity index (χ2v) is 3.35. The smallest absolute Gasteiger partial charge is 0.337 e. The molecule has 0 saturated carbocycles. The third-order valence-electron chi connectivity index (χ3n) is 1.25. The Balaban J connectivity index is 0.000000500. The molecule has 1 rings (SSSR count). The lowest BCUT2D eigenvalue weighted by molar-refractivity contribution is 0.0601. The Labute approximate surface area is 97.7 Å². The summed E-state index contributed by atoms with van der Waals surface area (Å²) in [4.78, 5) is 10.9. The topological polar surface area (TPSA) is 26.3 Å². The quantitative estimate of drug-likeness (QED) is 0.567. The molecule has 0 aliphatic heterocycles. The fraction of sp³-hybridized carbons (Fsp3) is 0.222. The molecule has 1 aromatic rings. The number of benzene rings is 1. The average Bonchev–Trinajstić information content (AvgIpc) is 2.18. The Kier molecular flexibility index (Phi) is 7.67. The van der Waals surface area contributed by atoms with E-state index in [9.17, 15) is 4.79 Å². The molecule has 0 heterocycles. The van der Waals surface area contributed by atoms with Crippen molar-refractivity contribution in [2.24, 2.45) is 0 Å². The van der Waals surface area contributed by atoms with Crippen LogP contribution < -0.4 is 0 Å². The summed E-state index contributed by atoms with van der Waals surface area (Å²) in [6.07, 6.45) is 0.